The predicted molar refractivity (Wildman–Crippen MR) is 43.3 cm³/mol. The van der Waals surface area contributed by atoms with Crippen LogP contribution in [0.25, 0.3) is 0 Å². The first kappa shape index (κ1) is 8.04. The summed E-state index contributed by atoms with van der Waals surface area (Å²) in [5.74, 6) is 0.345. The van der Waals surface area contributed by atoms with Crippen molar-refractivity contribution in [2.24, 2.45) is 5.41 Å². The molecule has 1 atom stereocenters. The summed E-state index contributed by atoms with van der Waals surface area (Å²) in [6, 6.07) is 0.0218. The number of nitrogens with one attached hydrogen (secondary N) is 1. The Hall–Kier alpha value is -0.580. The smallest absolute Gasteiger partial charge is 0.220 e. The Bertz CT molecular complexity index is 321. The predicted octanol–water partition coefficient (Wildman–Crippen LogP) is -0.690. The normalized spacial score (nSPS) is 36.1. The molecule has 4 nitrogen and oxygen atoms in total. The van der Waals surface area contributed by atoms with Crippen LogP contribution in [0.3, 0.4) is 0 Å². The summed E-state index contributed by atoms with van der Waals surface area (Å²) >= 11 is 0. The molecule has 2 heterocycles. The average molecular weight is 189 g/mol. The van der Waals surface area contributed by atoms with Gasteiger partial charge in [-0.2, -0.15) is 0 Å². The van der Waals surface area contributed by atoms with Crippen LogP contribution in [0.2, 0.25) is 0 Å². The minimum Gasteiger partial charge on any atom is -0.353 e. The van der Waals surface area contributed by atoms with Gasteiger partial charge in [-0.15, -0.1) is 0 Å². The van der Waals surface area contributed by atoms with Gasteiger partial charge in [-0.05, 0) is 6.92 Å². The van der Waals surface area contributed by atoms with Gasteiger partial charge in [-0.1, -0.05) is 0 Å². The van der Waals surface area contributed by atoms with E-state index in [9.17, 15) is 13.2 Å². The first-order valence-electron chi connectivity index (χ1n) is 3.93. The summed E-state index contributed by atoms with van der Waals surface area (Å²) in [5, 5.41) is 2.74. The molecule has 68 valence electrons. The molecule has 5 heteroatoms. The molecular weight excluding hydrogens is 178 g/mol. The highest BCUT2D eigenvalue weighted by atomic mass is 32.2. The Labute approximate surface area is 71.3 Å². The van der Waals surface area contributed by atoms with Gasteiger partial charge in [0.2, 0.25) is 5.91 Å². The van der Waals surface area contributed by atoms with E-state index < -0.39 is 9.84 Å². The van der Waals surface area contributed by atoms with Gasteiger partial charge in [-0.3, -0.25) is 4.79 Å². The highest BCUT2D eigenvalue weighted by molar-refractivity contribution is 7.92. The fourth-order valence-electron chi connectivity index (χ4n) is 2.10. The van der Waals surface area contributed by atoms with Gasteiger partial charge in [0.25, 0.3) is 0 Å². The topological polar surface area (TPSA) is 63.2 Å². The number of rotatable bonds is 0. The Morgan fingerprint density at radius 1 is 1.50 bits per heavy atom. The summed E-state index contributed by atoms with van der Waals surface area (Å²) < 4.78 is 21.9. The monoisotopic (exact) mass is 189 g/mol. The molecule has 2 aliphatic rings. The lowest BCUT2D eigenvalue weighted by Crippen LogP contribution is -2.54. The Balaban J connectivity index is 2.21. The Morgan fingerprint density at radius 2 is 2.08 bits per heavy atom. The first-order valence-corrected chi connectivity index (χ1v) is 5.76. The van der Waals surface area contributed by atoms with Crippen LogP contribution in [0.1, 0.15) is 13.3 Å². The van der Waals surface area contributed by atoms with E-state index in [1.807, 2.05) is 6.92 Å². The lowest BCUT2D eigenvalue weighted by atomic mass is 9.84. The number of carbonyl (C=O) groups excluding carboxylic acids is 1. The van der Waals surface area contributed by atoms with E-state index in [1.54, 1.807) is 0 Å². The summed E-state index contributed by atoms with van der Waals surface area (Å²) in [5.41, 5.74) is -0.268. The molecule has 1 spiro atoms. The quantitative estimate of drug-likeness (QED) is 0.548. The minimum absolute atomic E-state index is 0.0163. The van der Waals surface area contributed by atoms with Crippen LogP contribution in [-0.2, 0) is 14.6 Å². The second-order valence-electron chi connectivity index (χ2n) is 3.86. The van der Waals surface area contributed by atoms with Gasteiger partial charge < -0.3 is 5.32 Å². The maximum atomic E-state index is 11.0. The lowest BCUT2D eigenvalue weighted by molar-refractivity contribution is -0.119. The number of amides is 1. The highest BCUT2D eigenvalue weighted by Crippen LogP contribution is 2.42. The SMILES string of the molecule is CC1NC(=O)CC12CS(=O)(=O)C2. The second-order valence-corrected chi connectivity index (χ2v) is 5.93. The highest BCUT2D eigenvalue weighted by Gasteiger charge is 2.56. The van der Waals surface area contributed by atoms with E-state index in [0.717, 1.165) is 0 Å². The van der Waals surface area contributed by atoms with Gasteiger partial charge in [0.15, 0.2) is 9.84 Å². The largest absolute Gasteiger partial charge is 0.353 e. The molecule has 0 aromatic carbocycles. The molecule has 1 unspecified atom stereocenters. The van der Waals surface area contributed by atoms with Crippen molar-refractivity contribution >= 4 is 15.7 Å². The fraction of sp³-hybridized carbons (Fsp3) is 0.857. The number of hydrogen-bond donors (Lipinski definition) is 1. The number of carbonyl (C=O) groups is 1. The van der Waals surface area contributed by atoms with Crippen molar-refractivity contribution in [1.29, 1.82) is 0 Å². The molecule has 1 N–H and O–H groups in total. The third kappa shape index (κ3) is 0.957. The zero-order valence-electron chi connectivity index (χ0n) is 6.83. The molecule has 2 saturated heterocycles. The molecule has 0 saturated carbocycles. The van der Waals surface area contributed by atoms with Gasteiger partial charge in [0, 0.05) is 17.9 Å². The molecule has 2 rings (SSSR count). The molecule has 0 aromatic rings. The summed E-state index contributed by atoms with van der Waals surface area (Å²) in [4.78, 5) is 11.0. The van der Waals surface area contributed by atoms with Gasteiger partial charge in [0.05, 0.1) is 11.5 Å². The van der Waals surface area contributed by atoms with Crippen LogP contribution in [0, 0.1) is 5.41 Å². The number of hydrogen-bond acceptors (Lipinski definition) is 3. The van der Waals surface area contributed by atoms with Crippen LogP contribution in [0.15, 0.2) is 0 Å². The zero-order valence-corrected chi connectivity index (χ0v) is 7.65. The van der Waals surface area contributed by atoms with Gasteiger partial charge in [-0.25, -0.2) is 8.42 Å². The van der Waals surface area contributed by atoms with Gasteiger partial charge >= 0.3 is 0 Å². The lowest BCUT2D eigenvalue weighted by Gasteiger charge is -2.39. The van der Waals surface area contributed by atoms with Crippen LogP contribution >= 0.6 is 0 Å². The molecule has 0 aromatic heterocycles. The molecule has 1 amide bonds. The van der Waals surface area contributed by atoms with Crippen LogP contribution in [-0.4, -0.2) is 31.9 Å². The second kappa shape index (κ2) is 2.02. The van der Waals surface area contributed by atoms with Crippen molar-refractivity contribution < 1.29 is 13.2 Å². The Kier molecular flexibility index (Phi) is 1.35. The van der Waals surface area contributed by atoms with Crippen molar-refractivity contribution in [3.05, 3.63) is 0 Å². The molecule has 12 heavy (non-hydrogen) atoms. The van der Waals surface area contributed by atoms with E-state index in [-0.39, 0.29) is 28.9 Å². The molecule has 2 fully saturated rings. The van der Waals surface area contributed by atoms with Crippen molar-refractivity contribution in [2.75, 3.05) is 11.5 Å². The van der Waals surface area contributed by atoms with E-state index >= 15 is 0 Å². The third-order valence-corrected chi connectivity index (χ3v) is 4.85. The standard InChI is InChI=1S/C7H11NO3S/c1-5-7(2-6(9)8-5)3-12(10,11)4-7/h5H,2-4H2,1H3,(H,8,9). The van der Waals surface area contributed by atoms with Crippen LogP contribution in [0.5, 0.6) is 0 Å². The van der Waals surface area contributed by atoms with Crippen molar-refractivity contribution in [1.82, 2.24) is 5.32 Å². The molecule has 0 radical (unpaired) electrons. The van der Waals surface area contributed by atoms with E-state index in [1.165, 1.54) is 0 Å². The van der Waals surface area contributed by atoms with Crippen LogP contribution < -0.4 is 5.32 Å². The first-order chi connectivity index (χ1) is 5.44. The molecule has 2 aliphatic heterocycles. The zero-order chi connectivity index (χ0) is 8.98. The molecule has 0 aliphatic carbocycles. The van der Waals surface area contributed by atoms with Crippen molar-refractivity contribution in [3.8, 4) is 0 Å². The Morgan fingerprint density at radius 3 is 2.42 bits per heavy atom. The summed E-state index contributed by atoms with van der Waals surface area (Å²) in [6.45, 7) is 1.87. The summed E-state index contributed by atoms with van der Waals surface area (Å²) in [6.07, 6.45) is 0.382. The third-order valence-electron chi connectivity index (χ3n) is 2.82. The van der Waals surface area contributed by atoms with Crippen molar-refractivity contribution in [3.63, 3.8) is 0 Å². The fourth-order valence-corrected chi connectivity index (χ4v) is 4.48. The average Bonchev–Trinajstić information content (AvgIpc) is 2.04. The maximum absolute atomic E-state index is 11.0. The summed E-state index contributed by atoms with van der Waals surface area (Å²) in [7, 11) is -2.82. The maximum Gasteiger partial charge on any atom is 0.220 e. The van der Waals surface area contributed by atoms with Gasteiger partial charge in [0.1, 0.15) is 0 Å². The van der Waals surface area contributed by atoms with Crippen molar-refractivity contribution in [2.45, 2.75) is 19.4 Å². The van der Waals surface area contributed by atoms with E-state index in [2.05, 4.69) is 5.32 Å². The van der Waals surface area contributed by atoms with Crippen LogP contribution in [0.4, 0.5) is 0 Å². The van der Waals surface area contributed by atoms with E-state index in [4.69, 9.17) is 0 Å². The molecule has 0 bridgehead atoms. The minimum atomic E-state index is -2.82. The molecular formula is C7H11NO3S. The van der Waals surface area contributed by atoms with E-state index in [0.29, 0.717) is 6.42 Å². The number of sulfone groups is 1.